The monoisotopic (exact) mass is 215 g/mol. The average molecular weight is 215 g/mol. The lowest BCUT2D eigenvalue weighted by Gasteiger charge is -2.02. The fourth-order valence-electron chi connectivity index (χ4n) is 1.39. The number of carbonyl (C=O) groups is 1. The molecule has 0 aromatic heterocycles. The van der Waals surface area contributed by atoms with E-state index in [0.29, 0.717) is 13.0 Å². The minimum atomic E-state index is 0.135. The topological polar surface area (TPSA) is 65.8 Å². The number of carbonyl (C=O) groups excluding carboxylic acids is 1. The first kappa shape index (κ1) is 12.0. The van der Waals surface area contributed by atoms with Crippen molar-refractivity contribution in [3.63, 3.8) is 0 Å². The maximum absolute atomic E-state index is 11.1. The van der Waals surface area contributed by atoms with Crippen LogP contribution < -0.4 is 0 Å². The Kier molecular flexibility index (Phi) is 4.83. The summed E-state index contributed by atoms with van der Waals surface area (Å²) in [6.07, 6.45) is 4.08. The van der Waals surface area contributed by atoms with Crippen LogP contribution in [0.1, 0.15) is 18.1 Å². The summed E-state index contributed by atoms with van der Waals surface area (Å²) in [4.78, 5) is 13.7. The zero-order valence-corrected chi connectivity index (χ0v) is 9.13. The molecule has 16 heavy (non-hydrogen) atoms. The molecule has 1 rings (SSSR count). The van der Waals surface area contributed by atoms with E-state index in [-0.39, 0.29) is 5.78 Å². The molecule has 0 unspecified atom stereocenters. The molecule has 0 aliphatic carbocycles. The molecule has 0 fully saturated rings. The molecule has 4 heteroatoms. The van der Waals surface area contributed by atoms with E-state index < -0.39 is 0 Å². The van der Waals surface area contributed by atoms with Gasteiger partial charge >= 0.3 is 0 Å². The molecule has 0 saturated heterocycles. The van der Waals surface area contributed by atoms with Crippen LogP contribution in [0.5, 0.6) is 0 Å². The summed E-state index contributed by atoms with van der Waals surface area (Å²) < 4.78 is 0. The van der Waals surface area contributed by atoms with E-state index >= 15 is 0 Å². The standard InChI is InChI=1S/C12H13N3O/c1-10(16)9-12-6-3-2-5-11(12)7-4-8-14-15-13/h2-7H,8-9H2,1H3. The molecule has 0 atom stereocenters. The van der Waals surface area contributed by atoms with Crippen LogP contribution in [0.15, 0.2) is 35.5 Å². The van der Waals surface area contributed by atoms with Crippen LogP contribution in [-0.2, 0) is 11.2 Å². The van der Waals surface area contributed by atoms with Crippen molar-refractivity contribution in [3.8, 4) is 0 Å². The number of ketones is 1. The number of hydrogen-bond donors (Lipinski definition) is 0. The fourth-order valence-corrected chi connectivity index (χ4v) is 1.39. The third-order valence-corrected chi connectivity index (χ3v) is 2.04. The Balaban J connectivity index is 2.81. The van der Waals surface area contributed by atoms with Gasteiger partial charge in [0.05, 0.1) is 0 Å². The largest absolute Gasteiger partial charge is 0.300 e. The van der Waals surface area contributed by atoms with E-state index in [2.05, 4.69) is 10.0 Å². The van der Waals surface area contributed by atoms with Crippen LogP contribution in [0, 0.1) is 0 Å². The molecule has 0 spiro atoms. The number of rotatable bonds is 5. The second kappa shape index (κ2) is 6.43. The van der Waals surface area contributed by atoms with Crippen molar-refractivity contribution in [3.05, 3.63) is 51.9 Å². The Bertz CT molecular complexity index is 445. The molecule has 1 aromatic rings. The van der Waals surface area contributed by atoms with Crippen molar-refractivity contribution in [1.29, 1.82) is 0 Å². The minimum Gasteiger partial charge on any atom is -0.300 e. The summed E-state index contributed by atoms with van der Waals surface area (Å²) >= 11 is 0. The van der Waals surface area contributed by atoms with Gasteiger partial charge in [-0.1, -0.05) is 41.5 Å². The number of benzene rings is 1. The number of Topliss-reactive ketones (excluding diaryl/α,β-unsaturated/α-hetero) is 1. The summed E-state index contributed by atoms with van der Waals surface area (Å²) in [5.41, 5.74) is 10.1. The summed E-state index contributed by atoms with van der Waals surface area (Å²) in [6, 6.07) is 7.68. The molecule has 0 aliphatic heterocycles. The molecule has 0 amide bonds. The number of hydrogen-bond acceptors (Lipinski definition) is 2. The van der Waals surface area contributed by atoms with Crippen LogP contribution in [0.3, 0.4) is 0 Å². The van der Waals surface area contributed by atoms with Crippen LogP contribution in [0.4, 0.5) is 0 Å². The van der Waals surface area contributed by atoms with Gasteiger partial charge in [0.25, 0.3) is 0 Å². The number of nitrogens with zero attached hydrogens (tertiary/aromatic N) is 3. The molecule has 4 nitrogen and oxygen atoms in total. The maximum atomic E-state index is 11.1. The molecule has 0 aliphatic rings. The molecule has 0 heterocycles. The van der Waals surface area contributed by atoms with Crippen LogP contribution in [-0.4, -0.2) is 12.3 Å². The SMILES string of the molecule is CC(=O)Cc1ccccc1C=CCN=[N+]=[N-]. The van der Waals surface area contributed by atoms with Gasteiger partial charge in [-0.2, -0.15) is 0 Å². The summed E-state index contributed by atoms with van der Waals surface area (Å²) in [7, 11) is 0. The second-order valence-electron chi connectivity index (χ2n) is 3.39. The second-order valence-corrected chi connectivity index (χ2v) is 3.39. The quantitative estimate of drug-likeness (QED) is 0.422. The van der Waals surface area contributed by atoms with E-state index in [4.69, 9.17) is 5.53 Å². The molecule has 82 valence electrons. The maximum Gasteiger partial charge on any atom is 0.134 e. The summed E-state index contributed by atoms with van der Waals surface area (Å²) in [6.45, 7) is 1.89. The van der Waals surface area contributed by atoms with Crippen molar-refractivity contribution in [2.24, 2.45) is 5.11 Å². The first-order valence-corrected chi connectivity index (χ1v) is 4.99. The zero-order valence-electron chi connectivity index (χ0n) is 9.13. The van der Waals surface area contributed by atoms with E-state index in [0.717, 1.165) is 11.1 Å². The van der Waals surface area contributed by atoms with Gasteiger partial charge in [-0.05, 0) is 23.6 Å². The predicted octanol–water partition coefficient (Wildman–Crippen LogP) is 3.14. The normalized spacial score (nSPS) is 10.1. The van der Waals surface area contributed by atoms with E-state index in [1.165, 1.54) is 0 Å². The van der Waals surface area contributed by atoms with E-state index in [1.54, 1.807) is 13.0 Å². The highest BCUT2D eigenvalue weighted by Crippen LogP contribution is 2.11. The summed E-state index contributed by atoms with van der Waals surface area (Å²) in [5.74, 6) is 0.135. The van der Waals surface area contributed by atoms with Gasteiger partial charge in [-0.15, -0.1) is 0 Å². The fraction of sp³-hybridized carbons (Fsp3) is 0.250. The highest BCUT2D eigenvalue weighted by atomic mass is 16.1. The molecule has 0 bridgehead atoms. The zero-order chi connectivity index (χ0) is 11.8. The number of azide groups is 1. The first-order valence-electron chi connectivity index (χ1n) is 4.99. The Morgan fingerprint density at radius 1 is 1.50 bits per heavy atom. The lowest BCUT2D eigenvalue weighted by atomic mass is 10.0. The highest BCUT2D eigenvalue weighted by molar-refractivity contribution is 5.79. The Morgan fingerprint density at radius 2 is 2.25 bits per heavy atom. The van der Waals surface area contributed by atoms with E-state index in [1.807, 2.05) is 30.3 Å². The van der Waals surface area contributed by atoms with Crippen LogP contribution in [0.25, 0.3) is 16.5 Å². The van der Waals surface area contributed by atoms with E-state index in [9.17, 15) is 4.79 Å². The Hall–Kier alpha value is -2.06. The molecule has 0 radical (unpaired) electrons. The average Bonchev–Trinajstić information content (AvgIpc) is 2.26. The molecule has 1 aromatic carbocycles. The third-order valence-electron chi connectivity index (χ3n) is 2.04. The lowest BCUT2D eigenvalue weighted by molar-refractivity contribution is -0.116. The van der Waals surface area contributed by atoms with Crippen molar-refractivity contribution in [2.75, 3.05) is 6.54 Å². The van der Waals surface area contributed by atoms with Crippen molar-refractivity contribution in [1.82, 2.24) is 0 Å². The van der Waals surface area contributed by atoms with Gasteiger partial charge in [0.1, 0.15) is 5.78 Å². The lowest BCUT2D eigenvalue weighted by Crippen LogP contribution is -1.98. The van der Waals surface area contributed by atoms with Crippen molar-refractivity contribution >= 4 is 11.9 Å². The van der Waals surface area contributed by atoms with Gasteiger partial charge in [0.15, 0.2) is 0 Å². The van der Waals surface area contributed by atoms with Gasteiger partial charge < -0.3 is 0 Å². The van der Waals surface area contributed by atoms with Crippen LogP contribution >= 0.6 is 0 Å². The third kappa shape index (κ3) is 3.98. The molecular formula is C12H13N3O. The smallest absolute Gasteiger partial charge is 0.134 e. The van der Waals surface area contributed by atoms with Gasteiger partial charge in [-0.3, -0.25) is 4.79 Å². The Labute approximate surface area is 94.2 Å². The highest BCUT2D eigenvalue weighted by Gasteiger charge is 2.00. The molecule has 0 N–H and O–H groups in total. The minimum absolute atomic E-state index is 0.135. The van der Waals surface area contributed by atoms with Crippen LogP contribution in [0.2, 0.25) is 0 Å². The van der Waals surface area contributed by atoms with Gasteiger partial charge in [0, 0.05) is 17.9 Å². The first-order chi connectivity index (χ1) is 7.74. The van der Waals surface area contributed by atoms with Crippen molar-refractivity contribution < 1.29 is 4.79 Å². The molecule has 0 saturated carbocycles. The summed E-state index contributed by atoms with van der Waals surface area (Å²) in [5, 5.41) is 3.40. The van der Waals surface area contributed by atoms with Gasteiger partial charge in [-0.25, -0.2) is 0 Å². The van der Waals surface area contributed by atoms with Crippen molar-refractivity contribution in [2.45, 2.75) is 13.3 Å². The molecular weight excluding hydrogens is 202 g/mol. The predicted molar refractivity (Wildman–Crippen MR) is 63.9 cm³/mol. The Morgan fingerprint density at radius 3 is 2.94 bits per heavy atom. The van der Waals surface area contributed by atoms with Gasteiger partial charge in [0.2, 0.25) is 0 Å².